The summed E-state index contributed by atoms with van der Waals surface area (Å²) < 4.78 is 1.97. The molecule has 1 aromatic carbocycles. The summed E-state index contributed by atoms with van der Waals surface area (Å²) in [7, 11) is 1.94. The molecule has 21 heavy (non-hydrogen) atoms. The fraction of sp³-hybridized carbons (Fsp3) is 0.235. The molecule has 0 saturated carbocycles. The van der Waals surface area contributed by atoms with Gasteiger partial charge in [0.2, 0.25) is 0 Å². The zero-order chi connectivity index (χ0) is 15.0. The number of hydrogen-bond donors (Lipinski definition) is 1. The van der Waals surface area contributed by atoms with E-state index in [2.05, 4.69) is 4.98 Å². The van der Waals surface area contributed by atoms with E-state index in [0.29, 0.717) is 11.6 Å². The van der Waals surface area contributed by atoms with E-state index >= 15 is 0 Å². The molecule has 3 rings (SSSR count). The zero-order valence-electron chi connectivity index (χ0n) is 12.0. The molecular weight excluding hydrogens is 284 g/mol. The molecule has 3 nitrogen and oxygen atoms in total. The molecule has 0 aliphatic carbocycles. The lowest BCUT2D eigenvalue weighted by molar-refractivity contribution is 0.0590. The molecule has 0 aliphatic heterocycles. The number of fused-ring (bicyclic) bond motifs is 1. The predicted octanol–water partition coefficient (Wildman–Crippen LogP) is 3.68. The molecule has 0 radical (unpaired) electrons. The minimum absolute atomic E-state index is 0.436. The molecule has 0 aliphatic rings. The van der Waals surface area contributed by atoms with Crippen molar-refractivity contribution in [2.45, 2.75) is 18.9 Å². The number of hydrogen-bond acceptors (Lipinski definition) is 2. The number of pyridine rings is 1. The van der Waals surface area contributed by atoms with E-state index in [1.807, 2.05) is 61.1 Å². The van der Waals surface area contributed by atoms with E-state index in [4.69, 9.17) is 11.6 Å². The molecule has 0 fully saturated rings. The molecule has 1 atom stereocenters. The first-order valence-electron chi connectivity index (χ1n) is 6.85. The van der Waals surface area contributed by atoms with Gasteiger partial charge in [-0.05, 0) is 18.6 Å². The highest BCUT2D eigenvalue weighted by Crippen LogP contribution is 2.33. The Balaban J connectivity index is 2.08. The molecule has 0 bridgehead atoms. The number of halogens is 1. The van der Waals surface area contributed by atoms with Crippen molar-refractivity contribution in [1.82, 2.24) is 9.55 Å². The second-order valence-corrected chi connectivity index (χ2v) is 6.00. The Bertz CT molecular complexity index is 778. The molecule has 0 amide bonds. The smallest absolute Gasteiger partial charge is 0.129 e. The van der Waals surface area contributed by atoms with Gasteiger partial charge in [0.25, 0.3) is 0 Å². The summed E-state index contributed by atoms with van der Waals surface area (Å²) in [5, 5.41) is 12.3. The molecule has 2 aromatic heterocycles. The van der Waals surface area contributed by atoms with E-state index in [0.717, 1.165) is 22.0 Å². The second-order valence-electron chi connectivity index (χ2n) is 5.61. The fourth-order valence-electron chi connectivity index (χ4n) is 2.77. The topological polar surface area (TPSA) is 38.0 Å². The lowest BCUT2D eigenvalue weighted by Crippen LogP contribution is -2.24. The molecule has 108 valence electrons. The molecule has 4 heteroatoms. The van der Waals surface area contributed by atoms with Gasteiger partial charge in [-0.2, -0.15) is 0 Å². The highest BCUT2D eigenvalue weighted by atomic mass is 35.5. The van der Waals surface area contributed by atoms with Crippen molar-refractivity contribution in [1.29, 1.82) is 0 Å². The Morgan fingerprint density at radius 3 is 2.71 bits per heavy atom. The van der Waals surface area contributed by atoms with Crippen molar-refractivity contribution in [2.75, 3.05) is 0 Å². The van der Waals surface area contributed by atoms with Crippen molar-refractivity contribution in [3.05, 3.63) is 65.1 Å². The van der Waals surface area contributed by atoms with Gasteiger partial charge in [0.05, 0.1) is 17.3 Å². The Morgan fingerprint density at radius 1 is 1.29 bits per heavy atom. The molecule has 0 spiro atoms. The Kier molecular flexibility index (Phi) is 3.47. The molecular formula is C17H17ClN2O. The maximum absolute atomic E-state index is 11.0. The minimum Gasteiger partial charge on any atom is -0.385 e. The second kappa shape index (κ2) is 5.17. The van der Waals surface area contributed by atoms with Gasteiger partial charge in [0.1, 0.15) is 5.15 Å². The third kappa shape index (κ3) is 2.67. The van der Waals surface area contributed by atoms with Crippen LogP contribution in [0.25, 0.3) is 10.9 Å². The summed E-state index contributed by atoms with van der Waals surface area (Å²) in [4.78, 5) is 4.11. The maximum atomic E-state index is 11.0. The summed E-state index contributed by atoms with van der Waals surface area (Å²) in [6.45, 7) is 1.84. The molecule has 1 N–H and O–H groups in total. The molecule has 0 saturated heterocycles. The van der Waals surface area contributed by atoms with Gasteiger partial charge in [-0.25, -0.2) is 4.98 Å². The van der Waals surface area contributed by atoms with Crippen molar-refractivity contribution < 1.29 is 5.11 Å². The van der Waals surface area contributed by atoms with E-state index in [1.54, 1.807) is 6.20 Å². The minimum atomic E-state index is -0.967. The van der Waals surface area contributed by atoms with Crippen LogP contribution in [-0.4, -0.2) is 14.7 Å². The van der Waals surface area contributed by atoms with Crippen LogP contribution in [0.15, 0.2) is 48.8 Å². The number of aryl methyl sites for hydroxylation is 1. The van der Waals surface area contributed by atoms with Gasteiger partial charge >= 0.3 is 0 Å². The first-order chi connectivity index (χ1) is 9.97. The summed E-state index contributed by atoms with van der Waals surface area (Å²) in [5.74, 6) is 0. The van der Waals surface area contributed by atoms with Crippen LogP contribution >= 0.6 is 11.6 Å². The van der Waals surface area contributed by atoms with Gasteiger partial charge in [-0.3, -0.25) is 0 Å². The van der Waals surface area contributed by atoms with Crippen LogP contribution in [0, 0.1) is 0 Å². The number of nitrogens with zero attached hydrogens (tertiary/aromatic N) is 2. The average Bonchev–Trinajstić information content (AvgIpc) is 2.77. The van der Waals surface area contributed by atoms with E-state index in [9.17, 15) is 5.11 Å². The molecule has 3 aromatic rings. The van der Waals surface area contributed by atoms with Crippen molar-refractivity contribution in [3.63, 3.8) is 0 Å². The van der Waals surface area contributed by atoms with Crippen LogP contribution < -0.4 is 0 Å². The Hall–Kier alpha value is -1.84. The maximum Gasteiger partial charge on any atom is 0.129 e. The third-order valence-electron chi connectivity index (χ3n) is 3.81. The predicted molar refractivity (Wildman–Crippen MR) is 85.4 cm³/mol. The van der Waals surface area contributed by atoms with Gasteiger partial charge in [0.15, 0.2) is 0 Å². The third-order valence-corrected chi connectivity index (χ3v) is 4.02. The number of aliphatic hydroxyl groups is 1. The van der Waals surface area contributed by atoms with Gasteiger partial charge < -0.3 is 9.67 Å². The van der Waals surface area contributed by atoms with Crippen molar-refractivity contribution in [2.24, 2.45) is 7.05 Å². The Morgan fingerprint density at radius 2 is 2.00 bits per heavy atom. The lowest BCUT2D eigenvalue weighted by atomic mass is 9.89. The van der Waals surface area contributed by atoms with Crippen molar-refractivity contribution in [3.8, 4) is 0 Å². The number of rotatable bonds is 3. The van der Waals surface area contributed by atoms with Crippen LogP contribution in [0.5, 0.6) is 0 Å². The van der Waals surface area contributed by atoms with Crippen LogP contribution in [0.2, 0.25) is 5.15 Å². The monoisotopic (exact) mass is 300 g/mol. The standard InChI is InChI=1S/C17H17ClN2O/c1-17(21,9-12-6-4-3-5-7-12)14-11-20(2)15-10-19-16(18)8-13(14)15/h3-8,10-11,21H,9H2,1-2H3. The van der Waals surface area contributed by atoms with Crippen LogP contribution in [-0.2, 0) is 19.1 Å². The lowest BCUT2D eigenvalue weighted by Gasteiger charge is -2.23. The summed E-state index contributed by atoms with van der Waals surface area (Å²) in [5.41, 5.74) is 1.96. The van der Waals surface area contributed by atoms with Crippen LogP contribution in [0.3, 0.4) is 0 Å². The largest absolute Gasteiger partial charge is 0.385 e. The van der Waals surface area contributed by atoms with E-state index in [1.165, 1.54) is 0 Å². The highest BCUT2D eigenvalue weighted by molar-refractivity contribution is 6.30. The summed E-state index contributed by atoms with van der Waals surface area (Å²) in [6.07, 6.45) is 4.23. The first-order valence-corrected chi connectivity index (χ1v) is 7.22. The quantitative estimate of drug-likeness (QED) is 0.749. The SMILES string of the molecule is Cn1cc(C(C)(O)Cc2ccccc2)c2cc(Cl)ncc21. The number of aromatic nitrogens is 2. The van der Waals surface area contributed by atoms with Gasteiger partial charge in [-0.1, -0.05) is 41.9 Å². The zero-order valence-corrected chi connectivity index (χ0v) is 12.8. The van der Waals surface area contributed by atoms with Crippen LogP contribution in [0.1, 0.15) is 18.1 Å². The summed E-state index contributed by atoms with van der Waals surface area (Å²) >= 11 is 6.01. The van der Waals surface area contributed by atoms with Gasteiger partial charge in [-0.15, -0.1) is 0 Å². The van der Waals surface area contributed by atoms with Crippen molar-refractivity contribution >= 4 is 22.5 Å². The average molecular weight is 301 g/mol. The first kappa shape index (κ1) is 14.1. The van der Waals surface area contributed by atoms with Crippen LogP contribution in [0.4, 0.5) is 0 Å². The Labute approximate surface area is 128 Å². The fourth-order valence-corrected chi connectivity index (χ4v) is 2.93. The summed E-state index contributed by atoms with van der Waals surface area (Å²) in [6, 6.07) is 11.8. The van der Waals surface area contributed by atoms with E-state index < -0.39 is 5.60 Å². The van der Waals surface area contributed by atoms with E-state index in [-0.39, 0.29) is 0 Å². The number of benzene rings is 1. The normalized spacial score (nSPS) is 14.3. The van der Waals surface area contributed by atoms with Gasteiger partial charge in [0, 0.05) is 30.6 Å². The molecule has 2 heterocycles. The highest BCUT2D eigenvalue weighted by Gasteiger charge is 2.27. The molecule has 1 unspecified atom stereocenters.